The van der Waals surface area contributed by atoms with E-state index < -0.39 is 5.91 Å². The number of phenols is 1. The van der Waals surface area contributed by atoms with Gasteiger partial charge in [0, 0.05) is 31.1 Å². The van der Waals surface area contributed by atoms with E-state index in [0.717, 1.165) is 0 Å². The van der Waals surface area contributed by atoms with Crippen LogP contribution in [0, 0.1) is 0 Å². The first kappa shape index (κ1) is 16.5. The molecule has 1 rings (SSSR count). The fourth-order valence-electron chi connectivity index (χ4n) is 1.46. The van der Waals surface area contributed by atoms with Crippen molar-refractivity contribution in [3.8, 4) is 5.75 Å². The Balaban J connectivity index is 2.34. The van der Waals surface area contributed by atoms with Gasteiger partial charge in [-0.25, -0.2) is 0 Å². The van der Waals surface area contributed by atoms with E-state index in [1.54, 1.807) is 13.2 Å². The molecule has 0 aliphatic carbocycles. The number of amides is 2. The lowest BCUT2D eigenvalue weighted by atomic mass is 10.2. The second kappa shape index (κ2) is 8.55. The van der Waals surface area contributed by atoms with Crippen LogP contribution in [-0.2, 0) is 9.53 Å². The number of hydrogen-bond donors (Lipinski definition) is 3. The van der Waals surface area contributed by atoms with E-state index in [2.05, 4.69) is 26.6 Å². The van der Waals surface area contributed by atoms with Crippen molar-refractivity contribution in [3.05, 3.63) is 28.2 Å². The van der Waals surface area contributed by atoms with Gasteiger partial charge in [-0.15, -0.1) is 0 Å². The standard InChI is InChI=1S/C13H17BrN2O4/c1-20-7-6-15-12(18)4-5-16-13(19)10-3-2-9(14)8-11(10)17/h2-3,8,17H,4-7H2,1H3,(H,15,18)(H,16,19). The third-order valence-electron chi connectivity index (χ3n) is 2.47. The number of methoxy groups -OCH3 is 1. The molecule has 0 saturated heterocycles. The van der Waals surface area contributed by atoms with E-state index in [1.807, 2.05) is 0 Å². The lowest BCUT2D eigenvalue weighted by Gasteiger charge is -2.07. The van der Waals surface area contributed by atoms with Crippen LogP contribution in [0.3, 0.4) is 0 Å². The van der Waals surface area contributed by atoms with Crippen LogP contribution in [0.25, 0.3) is 0 Å². The van der Waals surface area contributed by atoms with Crippen molar-refractivity contribution >= 4 is 27.7 Å². The summed E-state index contributed by atoms with van der Waals surface area (Å²) < 4.78 is 5.48. The third-order valence-corrected chi connectivity index (χ3v) is 2.96. The second-order valence-corrected chi connectivity index (χ2v) is 4.93. The highest BCUT2D eigenvalue weighted by Crippen LogP contribution is 2.21. The highest BCUT2D eigenvalue weighted by atomic mass is 79.9. The number of ether oxygens (including phenoxy) is 1. The van der Waals surface area contributed by atoms with Crippen LogP contribution in [0.1, 0.15) is 16.8 Å². The van der Waals surface area contributed by atoms with Crippen molar-refractivity contribution in [2.45, 2.75) is 6.42 Å². The van der Waals surface area contributed by atoms with Gasteiger partial charge in [0.05, 0.1) is 12.2 Å². The van der Waals surface area contributed by atoms with Crippen molar-refractivity contribution in [1.29, 1.82) is 0 Å². The lowest BCUT2D eigenvalue weighted by Crippen LogP contribution is -2.32. The zero-order chi connectivity index (χ0) is 15.0. The predicted molar refractivity (Wildman–Crippen MR) is 77.6 cm³/mol. The Morgan fingerprint density at radius 1 is 1.30 bits per heavy atom. The number of phenolic OH excluding ortho intramolecular Hbond substituents is 1. The minimum atomic E-state index is -0.417. The first-order chi connectivity index (χ1) is 9.54. The number of rotatable bonds is 7. The molecule has 0 spiro atoms. The maximum atomic E-state index is 11.8. The summed E-state index contributed by atoms with van der Waals surface area (Å²) in [6.45, 7) is 1.09. The van der Waals surface area contributed by atoms with E-state index in [-0.39, 0.29) is 30.2 Å². The number of aromatic hydroxyl groups is 1. The molecule has 20 heavy (non-hydrogen) atoms. The van der Waals surface area contributed by atoms with Crippen LogP contribution >= 0.6 is 15.9 Å². The van der Waals surface area contributed by atoms with Gasteiger partial charge in [-0.05, 0) is 18.2 Å². The van der Waals surface area contributed by atoms with Crippen LogP contribution in [0.15, 0.2) is 22.7 Å². The molecule has 2 amide bonds. The van der Waals surface area contributed by atoms with Crippen LogP contribution in [0.5, 0.6) is 5.75 Å². The number of hydrogen-bond acceptors (Lipinski definition) is 4. The number of nitrogens with one attached hydrogen (secondary N) is 2. The lowest BCUT2D eigenvalue weighted by molar-refractivity contribution is -0.121. The Kier molecular flexibility index (Phi) is 7.03. The first-order valence-electron chi connectivity index (χ1n) is 6.07. The van der Waals surface area contributed by atoms with Gasteiger partial charge in [0.2, 0.25) is 5.91 Å². The highest BCUT2D eigenvalue weighted by Gasteiger charge is 2.11. The Morgan fingerprint density at radius 3 is 2.70 bits per heavy atom. The number of carbonyl (C=O) groups is 2. The summed E-state index contributed by atoms with van der Waals surface area (Å²) in [5, 5.41) is 14.8. The fraction of sp³-hybridized carbons (Fsp3) is 0.385. The molecule has 0 bridgehead atoms. The van der Waals surface area contributed by atoms with E-state index in [1.165, 1.54) is 12.1 Å². The molecule has 0 aliphatic rings. The minimum Gasteiger partial charge on any atom is -0.507 e. The molecule has 1 aromatic carbocycles. The second-order valence-electron chi connectivity index (χ2n) is 4.01. The topological polar surface area (TPSA) is 87.7 Å². The SMILES string of the molecule is COCCNC(=O)CCNC(=O)c1ccc(Br)cc1O. The van der Waals surface area contributed by atoms with Crippen molar-refractivity contribution in [1.82, 2.24) is 10.6 Å². The van der Waals surface area contributed by atoms with E-state index in [0.29, 0.717) is 17.6 Å². The molecule has 6 nitrogen and oxygen atoms in total. The van der Waals surface area contributed by atoms with Gasteiger partial charge in [-0.3, -0.25) is 9.59 Å². The van der Waals surface area contributed by atoms with Gasteiger partial charge < -0.3 is 20.5 Å². The minimum absolute atomic E-state index is 0.110. The molecular weight excluding hydrogens is 328 g/mol. The van der Waals surface area contributed by atoms with E-state index >= 15 is 0 Å². The molecule has 0 aromatic heterocycles. The van der Waals surface area contributed by atoms with Gasteiger partial charge >= 0.3 is 0 Å². The molecule has 0 saturated carbocycles. The maximum absolute atomic E-state index is 11.8. The van der Waals surface area contributed by atoms with Gasteiger partial charge in [0.15, 0.2) is 0 Å². The summed E-state index contributed by atoms with van der Waals surface area (Å²) in [5.41, 5.74) is 0.174. The maximum Gasteiger partial charge on any atom is 0.255 e. The fourth-order valence-corrected chi connectivity index (χ4v) is 1.81. The average Bonchev–Trinajstić information content (AvgIpc) is 2.38. The third kappa shape index (κ3) is 5.58. The Labute approximate surface area is 125 Å². The van der Waals surface area contributed by atoms with Crippen LogP contribution in [0.2, 0.25) is 0 Å². The van der Waals surface area contributed by atoms with Gasteiger partial charge in [-0.2, -0.15) is 0 Å². The molecule has 7 heteroatoms. The number of carbonyl (C=O) groups excluding carboxylic acids is 2. The molecular formula is C13H17BrN2O4. The van der Waals surface area contributed by atoms with Gasteiger partial charge in [0.1, 0.15) is 5.75 Å². The average molecular weight is 345 g/mol. The molecule has 3 N–H and O–H groups in total. The predicted octanol–water partition coefficient (Wildman–Crippen LogP) is 1.04. The molecule has 0 aliphatic heterocycles. The molecule has 1 aromatic rings. The molecule has 0 fully saturated rings. The Hall–Kier alpha value is -1.60. The van der Waals surface area contributed by atoms with Crippen LogP contribution in [0.4, 0.5) is 0 Å². The molecule has 0 atom stereocenters. The normalized spacial score (nSPS) is 10.1. The summed E-state index contributed by atoms with van der Waals surface area (Å²) in [6.07, 6.45) is 0.173. The smallest absolute Gasteiger partial charge is 0.255 e. The van der Waals surface area contributed by atoms with E-state index in [4.69, 9.17) is 4.74 Å². The Morgan fingerprint density at radius 2 is 2.05 bits per heavy atom. The summed E-state index contributed by atoms with van der Waals surface area (Å²) in [4.78, 5) is 23.2. The summed E-state index contributed by atoms with van der Waals surface area (Å²) in [5.74, 6) is -0.691. The monoisotopic (exact) mass is 344 g/mol. The Bertz CT molecular complexity index is 479. The first-order valence-corrected chi connectivity index (χ1v) is 6.86. The van der Waals surface area contributed by atoms with Crippen molar-refractivity contribution in [3.63, 3.8) is 0 Å². The summed E-state index contributed by atoms with van der Waals surface area (Å²) in [6, 6.07) is 4.60. The zero-order valence-electron chi connectivity index (χ0n) is 11.1. The molecule has 0 radical (unpaired) electrons. The largest absolute Gasteiger partial charge is 0.507 e. The van der Waals surface area contributed by atoms with Gasteiger partial charge in [-0.1, -0.05) is 15.9 Å². The molecule has 0 unspecified atom stereocenters. The summed E-state index contributed by atoms with van der Waals surface area (Å²) >= 11 is 3.19. The van der Waals surface area contributed by atoms with E-state index in [9.17, 15) is 14.7 Å². The van der Waals surface area contributed by atoms with Crippen LogP contribution < -0.4 is 10.6 Å². The van der Waals surface area contributed by atoms with Crippen molar-refractivity contribution in [2.75, 3.05) is 26.8 Å². The van der Waals surface area contributed by atoms with Crippen molar-refractivity contribution in [2.24, 2.45) is 0 Å². The van der Waals surface area contributed by atoms with Crippen molar-refractivity contribution < 1.29 is 19.4 Å². The highest BCUT2D eigenvalue weighted by molar-refractivity contribution is 9.10. The molecule has 110 valence electrons. The zero-order valence-corrected chi connectivity index (χ0v) is 12.7. The van der Waals surface area contributed by atoms with Gasteiger partial charge in [0.25, 0.3) is 5.91 Å². The quantitative estimate of drug-likeness (QED) is 0.645. The number of benzene rings is 1. The summed E-state index contributed by atoms with van der Waals surface area (Å²) in [7, 11) is 1.55. The number of halogens is 1. The van der Waals surface area contributed by atoms with Crippen LogP contribution in [-0.4, -0.2) is 43.7 Å². The molecule has 0 heterocycles.